The van der Waals surface area contributed by atoms with Crippen LogP contribution >= 0.6 is 0 Å². The highest BCUT2D eigenvalue weighted by Crippen LogP contribution is 2.22. The molecule has 3 rings (SSSR count). The molecule has 1 aliphatic heterocycles. The molecule has 128 valence electrons. The first-order chi connectivity index (χ1) is 11.5. The highest BCUT2D eigenvalue weighted by Gasteiger charge is 2.27. The first-order valence-corrected chi connectivity index (χ1v) is 7.95. The number of carbonyl (C=O) groups is 2. The zero-order valence-electron chi connectivity index (χ0n) is 13.4. The molecule has 24 heavy (non-hydrogen) atoms. The van der Waals surface area contributed by atoms with Gasteiger partial charge in [0, 0.05) is 37.9 Å². The molecule has 2 aromatic heterocycles. The Balaban J connectivity index is 1.62. The minimum absolute atomic E-state index is 0.0353. The summed E-state index contributed by atoms with van der Waals surface area (Å²) in [5.74, 6) is -1.02. The van der Waals surface area contributed by atoms with E-state index in [-0.39, 0.29) is 23.7 Å². The van der Waals surface area contributed by atoms with Crippen molar-refractivity contribution in [2.24, 2.45) is 0 Å². The lowest BCUT2D eigenvalue weighted by Crippen LogP contribution is -2.41. The van der Waals surface area contributed by atoms with Crippen molar-refractivity contribution in [2.75, 3.05) is 13.1 Å². The van der Waals surface area contributed by atoms with E-state index >= 15 is 0 Å². The fraction of sp³-hybridized carbons (Fsp3) is 0.533. The number of hydrogen-bond donors (Lipinski definition) is 1. The van der Waals surface area contributed by atoms with Gasteiger partial charge in [-0.1, -0.05) is 5.21 Å². The Bertz CT molecular complexity index is 711. The van der Waals surface area contributed by atoms with Crippen molar-refractivity contribution < 1.29 is 14.7 Å². The number of aromatic carboxylic acids is 1. The van der Waals surface area contributed by atoms with E-state index in [4.69, 9.17) is 5.11 Å². The van der Waals surface area contributed by atoms with Gasteiger partial charge in [-0.05, 0) is 19.8 Å². The van der Waals surface area contributed by atoms with Crippen LogP contribution in [-0.4, -0.2) is 59.5 Å². The van der Waals surface area contributed by atoms with Crippen molar-refractivity contribution >= 4 is 11.9 Å². The molecule has 0 radical (unpaired) electrons. The van der Waals surface area contributed by atoms with Gasteiger partial charge in [-0.3, -0.25) is 4.79 Å². The number of amides is 1. The Hall–Kier alpha value is -2.71. The van der Waals surface area contributed by atoms with E-state index in [0.717, 1.165) is 12.8 Å². The summed E-state index contributed by atoms with van der Waals surface area (Å²) in [5, 5.41) is 16.5. The minimum Gasteiger partial charge on any atom is -0.476 e. The predicted octanol–water partition coefficient (Wildman–Crippen LogP) is 0.988. The molecule has 0 aliphatic carbocycles. The lowest BCUT2D eigenvalue weighted by atomic mass is 10.0. The Morgan fingerprint density at radius 3 is 2.96 bits per heavy atom. The average molecular weight is 332 g/mol. The molecule has 9 nitrogen and oxygen atoms in total. The Morgan fingerprint density at radius 1 is 1.46 bits per heavy atom. The van der Waals surface area contributed by atoms with Crippen LogP contribution in [0.1, 0.15) is 48.8 Å². The molecule has 3 heterocycles. The second-order valence-electron chi connectivity index (χ2n) is 6.09. The summed E-state index contributed by atoms with van der Waals surface area (Å²) in [5.41, 5.74) is -0.0767. The molecule has 1 saturated heterocycles. The smallest absolute Gasteiger partial charge is 0.358 e. The van der Waals surface area contributed by atoms with Gasteiger partial charge < -0.3 is 14.6 Å². The summed E-state index contributed by atoms with van der Waals surface area (Å²) in [7, 11) is 0. The fourth-order valence-electron chi connectivity index (χ4n) is 2.97. The lowest BCUT2D eigenvalue weighted by Gasteiger charge is -2.33. The summed E-state index contributed by atoms with van der Waals surface area (Å²) in [6.07, 6.45) is 8.79. The number of carboxylic acids is 1. The molecule has 1 fully saturated rings. The molecule has 2 aromatic rings. The number of hydrogen-bond acceptors (Lipinski definition) is 5. The molecule has 0 bridgehead atoms. The fourth-order valence-corrected chi connectivity index (χ4v) is 2.97. The van der Waals surface area contributed by atoms with Crippen molar-refractivity contribution in [2.45, 2.75) is 38.3 Å². The average Bonchev–Trinajstić information content (AvgIpc) is 3.26. The van der Waals surface area contributed by atoms with Gasteiger partial charge in [-0.2, -0.15) is 0 Å². The van der Waals surface area contributed by atoms with Gasteiger partial charge in [-0.15, -0.1) is 5.10 Å². The van der Waals surface area contributed by atoms with E-state index in [1.807, 2.05) is 22.6 Å². The van der Waals surface area contributed by atoms with Gasteiger partial charge in [-0.25, -0.2) is 14.5 Å². The summed E-state index contributed by atoms with van der Waals surface area (Å²) in [6, 6.07) is 0.0113. The lowest BCUT2D eigenvalue weighted by molar-refractivity contribution is -0.133. The van der Waals surface area contributed by atoms with Crippen LogP contribution in [0.3, 0.4) is 0 Å². The number of likely N-dealkylation sites (tertiary alicyclic amines) is 1. The molecule has 0 saturated carbocycles. The number of carbonyl (C=O) groups excluding carboxylic acids is 1. The van der Waals surface area contributed by atoms with Gasteiger partial charge in [0.05, 0.1) is 18.6 Å². The molecular weight excluding hydrogens is 312 g/mol. The summed E-state index contributed by atoms with van der Waals surface area (Å²) in [4.78, 5) is 29.3. The topological polar surface area (TPSA) is 106 Å². The Morgan fingerprint density at radius 2 is 2.29 bits per heavy atom. The van der Waals surface area contributed by atoms with Crippen molar-refractivity contribution in [3.8, 4) is 0 Å². The van der Waals surface area contributed by atoms with Crippen LogP contribution in [0, 0.1) is 0 Å². The zero-order valence-corrected chi connectivity index (χ0v) is 13.4. The molecule has 2 atom stereocenters. The third kappa shape index (κ3) is 3.44. The zero-order chi connectivity index (χ0) is 17.1. The van der Waals surface area contributed by atoms with Crippen LogP contribution in [-0.2, 0) is 4.79 Å². The maximum Gasteiger partial charge on any atom is 0.358 e. The van der Waals surface area contributed by atoms with E-state index in [2.05, 4.69) is 15.3 Å². The molecule has 0 aromatic carbocycles. The monoisotopic (exact) mass is 332 g/mol. The van der Waals surface area contributed by atoms with Crippen molar-refractivity contribution in [3.05, 3.63) is 30.6 Å². The van der Waals surface area contributed by atoms with Gasteiger partial charge in [0.2, 0.25) is 5.91 Å². The number of aromatic nitrogens is 5. The minimum atomic E-state index is -1.10. The first kappa shape index (κ1) is 16.2. The number of nitrogens with zero attached hydrogens (tertiary/aromatic N) is 6. The second kappa shape index (κ2) is 6.81. The second-order valence-corrected chi connectivity index (χ2v) is 6.09. The van der Waals surface area contributed by atoms with E-state index < -0.39 is 5.97 Å². The highest BCUT2D eigenvalue weighted by molar-refractivity contribution is 5.84. The largest absolute Gasteiger partial charge is 0.476 e. The highest BCUT2D eigenvalue weighted by atomic mass is 16.4. The Kier molecular flexibility index (Phi) is 4.59. The van der Waals surface area contributed by atoms with Crippen LogP contribution in [0.4, 0.5) is 0 Å². The predicted molar refractivity (Wildman–Crippen MR) is 83.4 cm³/mol. The van der Waals surface area contributed by atoms with Crippen LogP contribution in [0.2, 0.25) is 0 Å². The first-order valence-electron chi connectivity index (χ1n) is 7.95. The van der Waals surface area contributed by atoms with Gasteiger partial charge in [0.1, 0.15) is 0 Å². The molecule has 9 heteroatoms. The number of carboxylic acid groups (broad SMARTS) is 1. The maximum atomic E-state index is 12.5. The van der Waals surface area contributed by atoms with E-state index in [1.165, 1.54) is 6.20 Å². The maximum absolute atomic E-state index is 12.5. The number of imidazole rings is 1. The van der Waals surface area contributed by atoms with Gasteiger partial charge in [0.25, 0.3) is 0 Å². The van der Waals surface area contributed by atoms with Crippen molar-refractivity contribution in [1.82, 2.24) is 29.4 Å². The summed E-state index contributed by atoms with van der Waals surface area (Å²) < 4.78 is 3.47. The quantitative estimate of drug-likeness (QED) is 0.875. The SMILES string of the molecule is CC(CC(=O)N1CCCC(n2cc(C(=O)O)nn2)C1)n1ccnc1. The molecular formula is C15H20N6O3. The summed E-state index contributed by atoms with van der Waals surface area (Å²) in [6.45, 7) is 3.22. The molecule has 0 spiro atoms. The molecule has 1 aliphatic rings. The molecule has 1 N–H and O–H groups in total. The van der Waals surface area contributed by atoms with Crippen LogP contribution < -0.4 is 0 Å². The number of rotatable bonds is 5. The van der Waals surface area contributed by atoms with Gasteiger partial charge in [0.15, 0.2) is 5.69 Å². The van der Waals surface area contributed by atoms with Crippen LogP contribution in [0.5, 0.6) is 0 Å². The molecule has 2 unspecified atom stereocenters. The van der Waals surface area contributed by atoms with Gasteiger partial charge >= 0.3 is 5.97 Å². The van der Waals surface area contributed by atoms with Crippen molar-refractivity contribution in [1.29, 1.82) is 0 Å². The normalized spacial score (nSPS) is 19.2. The van der Waals surface area contributed by atoms with E-state index in [9.17, 15) is 9.59 Å². The molecule has 1 amide bonds. The van der Waals surface area contributed by atoms with Crippen LogP contribution in [0.25, 0.3) is 0 Å². The van der Waals surface area contributed by atoms with E-state index in [1.54, 1.807) is 17.2 Å². The third-order valence-electron chi connectivity index (χ3n) is 4.36. The van der Waals surface area contributed by atoms with E-state index in [0.29, 0.717) is 19.5 Å². The Labute approximate surface area is 138 Å². The standard InChI is InChI=1S/C15H20N6O3/c1-11(20-6-4-16-10-20)7-14(22)19-5-2-3-12(8-19)21-9-13(15(23)24)17-18-21/h4,6,9-12H,2-3,5,7-8H2,1H3,(H,23,24). The van der Waals surface area contributed by atoms with Crippen LogP contribution in [0.15, 0.2) is 24.9 Å². The third-order valence-corrected chi connectivity index (χ3v) is 4.36. The number of piperidine rings is 1. The van der Waals surface area contributed by atoms with Crippen molar-refractivity contribution in [3.63, 3.8) is 0 Å². The summed E-state index contributed by atoms with van der Waals surface area (Å²) >= 11 is 0.